The number of hydrogen-bond donors (Lipinski definition) is 2. The summed E-state index contributed by atoms with van der Waals surface area (Å²) in [6.07, 6.45) is 1.39. The molecule has 0 spiro atoms. The van der Waals surface area contributed by atoms with Gasteiger partial charge in [0.25, 0.3) is 10.0 Å². The number of sulfonamides is 1. The zero-order valence-electron chi connectivity index (χ0n) is 9.96. The van der Waals surface area contributed by atoms with Gasteiger partial charge in [-0.15, -0.1) is 5.10 Å². The Hall–Kier alpha value is -2.22. The second-order valence-electron chi connectivity index (χ2n) is 3.86. The van der Waals surface area contributed by atoms with Gasteiger partial charge in [-0.2, -0.15) is 5.10 Å². The summed E-state index contributed by atoms with van der Waals surface area (Å²) in [4.78, 5) is -0.518. The molecule has 0 saturated heterocycles. The van der Waals surface area contributed by atoms with Crippen molar-refractivity contribution in [2.24, 2.45) is 0 Å². The summed E-state index contributed by atoms with van der Waals surface area (Å²) < 4.78 is 40.1. The molecule has 1 heterocycles. The summed E-state index contributed by atoms with van der Waals surface area (Å²) in [5.41, 5.74) is 5.85. The second-order valence-corrected chi connectivity index (χ2v) is 5.52. The highest BCUT2D eigenvalue weighted by Crippen LogP contribution is 2.23. The van der Waals surface area contributed by atoms with E-state index in [2.05, 4.69) is 14.9 Å². The Balaban J connectivity index is 2.46. The van der Waals surface area contributed by atoms with E-state index in [0.717, 1.165) is 6.07 Å². The third-order valence-corrected chi connectivity index (χ3v) is 3.70. The molecule has 0 unspecified atom stereocenters. The third-order valence-electron chi connectivity index (χ3n) is 2.34. The van der Waals surface area contributed by atoms with Crippen LogP contribution in [0.4, 0.5) is 15.9 Å². The number of hydrogen-bond acceptors (Lipinski definition) is 5. The number of aromatic nitrogens is 2. The molecular formula is C11H11FN4O2S. The van der Waals surface area contributed by atoms with Gasteiger partial charge in [0.15, 0.2) is 5.82 Å². The highest BCUT2D eigenvalue weighted by Gasteiger charge is 2.21. The summed E-state index contributed by atoms with van der Waals surface area (Å²) in [6.45, 7) is 1.44. The Labute approximate surface area is 109 Å². The van der Waals surface area contributed by atoms with E-state index in [9.17, 15) is 12.8 Å². The van der Waals surface area contributed by atoms with E-state index in [-0.39, 0.29) is 17.1 Å². The zero-order chi connectivity index (χ0) is 14.0. The number of nitrogens with two attached hydrogens (primary N) is 1. The van der Waals surface area contributed by atoms with Gasteiger partial charge in [-0.05, 0) is 36.8 Å². The lowest BCUT2D eigenvalue weighted by atomic mass is 10.2. The predicted octanol–water partition coefficient (Wildman–Crippen LogP) is 1.31. The van der Waals surface area contributed by atoms with Crippen molar-refractivity contribution in [3.05, 3.63) is 41.8 Å². The maximum Gasteiger partial charge on any atom is 0.266 e. The largest absolute Gasteiger partial charge is 0.399 e. The number of nitrogen functional groups attached to an aromatic ring is 1. The number of benzene rings is 1. The van der Waals surface area contributed by atoms with Gasteiger partial charge in [-0.3, -0.25) is 4.72 Å². The second kappa shape index (κ2) is 4.81. The molecule has 3 N–H and O–H groups in total. The molecule has 19 heavy (non-hydrogen) atoms. The van der Waals surface area contributed by atoms with Crippen LogP contribution in [0, 0.1) is 12.7 Å². The van der Waals surface area contributed by atoms with Crippen LogP contribution in [0.25, 0.3) is 0 Å². The minimum atomic E-state index is -4.10. The minimum absolute atomic E-state index is 0.00183. The first kappa shape index (κ1) is 13.2. The van der Waals surface area contributed by atoms with E-state index in [1.54, 1.807) is 0 Å². The van der Waals surface area contributed by atoms with E-state index in [1.165, 1.54) is 31.3 Å². The molecule has 2 aromatic rings. The molecule has 6 nitrogen and oxygen atoms in total. The first-order valence-electron chi connectivity index (χ1n) is 5.26. The van der Waals surface area contributed by atoms with E-state index >= 15 is 0 Å². The minimum Gasteiger partial charge on any atom is -0.399 e. The lowest BCUT2D eigenvalue weighted by Crippen LogP contribution is -2.16. The quantitative estimate of drug-likeness (QED) is 0.827. The summed E-state index contributed by atoms with van der Waals surface area (Å²) in [5.74, 6) is -0.840. The van der Waals surface area contributed by atoms with Crippen molar-refractivity contribution < 1.29 is 12.8 Å². The molecule has 1 aromatic heterocycles. The van der Waals surface area contributed by atoms with Crippen LogP contribution >= 0.6 is 0 Å². The molecule has 0 atom stereocenters. The van der Waals surface area contributed by atoms with Crippen molar-refractivity contribution >= 4 is 21.5 Å². The topological polar surface area (TPSA) is 98.0 Å². The Kier molecular flexibility index (Phi) is 3.34. The predicted molar refractivity (Wildman–Crippen MR) is 68.4 cm³/mol. The maximum atomic E-state index is 13.9. The molecule has 0 amide bonds. The van der Waals surface area contributed by atoms with Gasteiger partial charge < -0.3 is 5.73 Å². The monoisotopic (exact) mass is 282 g/mol. The van der Waals surface area contributed by atoms with Gasteiger partial charge in [-0.1, -0.05) is 0 Å². The fraction of sp³-hybridized carbons (Fsp3) is 0.0909. The summed E-state index contributed by atoms with van der Waals surface area (Å²) >= 11 is 0. The lowest BCUT2D eigenvalue weighted by Gasteiger charge is -2.09. The molecule has 0 aliphatic carbocycles. The van der Waals surface area contributed by atoms with Crippen molar-refractivity contribution in [3.63, 3.8) is 0 Å². The van der Waals surface area contributed by atoms with Crippen molar-refractivity contribution in [1.29, 1.82) is 0 Å². The van der Waals surface area contributed by atoms with Gasteiger partial charge in [0, 0.05) is 11.9 Å². The molecule has 8 heteroatoms. The normalized spacial score (nSPS) is 11.3. The third kappa shape index (κ3) is 2.79. The zero-order valence-corrected chi connectivity index (χ0v) is 10.8. The average Bonchev–Trinajstić information content (AvgIpc) is 2.34. The van der Waals surface area contributed by atoms with Crippen LogP contribution in [0.2, 0.25) is 0 Å². The van der Waals surface area contributed by atoms with Crippen LogP contribution in [0.1, 0.15) is 5.56 Å². The molecule has 100 valence electrons. The molecule has 0 aliphatic heterocycles. The SMILES string of the molecule is Cc1cc(N)cc(S(=O)(=O)Nc2cccnn2)c1F. The first-order chi connectivity index (χ1) is 8.90. The Bertz CT molecular complexity index is 704. The van der Waals surface area contributed by atoms with Crippen molar-refractivity contribution in [2.75, 3.05) is 10.5 Å². The molecule has 0 bridgehead atoms. The average molecular weight is 282 g/mol. The van der Waals surface area contributed by atoms with Crippen LogP contribution in [-0.4, -0.2) is 18.6 Å². The first-order valence-corrected chi connectivity index (χ1v) is 6.74. The van der Waals surface area contributed by atoms with Gasteiger partial charge >= 0.3 is 0 Å². The summed E-state index contributed by atoms with van der Waals surface area (Å²) in [7, 11) is -4.10. The van der Waals surface area contributed by atoms with E-state index < -0.39 is 20.7 Å². The number of aryl methyl sites for hydroxylation is 1. The molecule has 0 radical (unpaired) electrons. The Morgan fingerprint density at radius 3 is 2.74 bits per heavy atom. The van der Waals surface area contributed by atoms with E-state index in [4.69, 9.17) is 5.73 Å². The number of nitrogens with one attached hydrogen (secondary N) is 1. The van der Waals surface area contributed by atoms with Crippen molar-refractivity contribution in [3.8, 4) is 0 Å². The van der Waals surface area contributed by atoms with Crippen LogP contribution in [0.5, 0.6) is 0 Å². The highest BCUT2D eigenvalue weighted by molar-refractivity contribution is 7.92. The van der Waals surface area contributed by atoms with E-state index in [1.807, 2.05) is 0 Å². The summed E-state index contributed by atoms with van der Waals surface area (Å²) in [6, 6.07) is 5.32. The number of halogens is 1. The van der Waals surface area contributed by atoms with Gasteiger partial charge in [0.1, 0.15) is 10.7 Å². The summed E-state index contributed by atoms with van der Waals surface area (Å²) in [5, 5.41) is 7.09. The smallest absolute Gasteiger partial charge is 0.266 e. The number of anilines is 2. The van der Waals surface area contributed by atoms with Gasteiger partial charge in [0.05, 0.1) is 0 Å². The number of rotatable bonds is 3. The van der Waals surface area contributed by atoms with Gasteiger partial charge in [-0.25, -0.2) is 12.8 Å². The molecule has 1 aromatic carbocycles. The Morgan fingerprint density at radius 2 is 2.11 bits per heavy atom. The molecule has 2 rings (SSSR count). The van der Waals surface area contributed by atoms with Crippen LogP contribution in [-0.2, 0) is 10.0 Å². The lowest BCUT2D eigenvalue weighted by molar-refractivity contribution is 0.565. The Morgan fingerprint density at radius 1 is 1.37 bits per heavy atom. The van der Waals surface area contributed by atoms with Crippen molar-refractivity contribution in [2.45, 2.75) is 11.8 Å². The fourth-order valence-corrected chi connectivity index (χ4v) is 2.69. The molecule has 0 fully saturated rings. The number of nitrogens with zero attached hydrogens (tertiary/aromatic N) is 2. The van der Waals surface area contributed by atoms with Crippen LogP contribution in [0.15, 0.2) is 35.4 Å². The maximum absolute atomic E-state index is 13.9. The van der Waals surface area contributed by atoms with Gasteiger partial charge in [0.2, 0.25) is 0 Å². The fourth-order valence-electron chi connectivity index (χ4n) is 1.51. The molecule has 0 saturated carbocycles. The van der Waals surface area contributed by atoms with E-state index in [0.29, 0.717) is 0 Å². The highest BCUT2D eigenvalue weighted by atomic mass is 32.2. The van der Waals surface area contributed by atoms with Crippen molar-refractivity contribution in [1.82, 2.24) is 10.2 Å². The van der Waals surface area contributed by atoms with Crippen LogP contribution < -0.4 is 10.5 Å². The molecular weight excluding hydrogens is 271 g/mol. The molecule has 0 aliphatic rings. The standard InChI is InChI=1S/C11H11FN4O2S/c1-7-5-8(13)6-9(11(7)12)19(17,18)16-10-3-2-4-14-15-10/h2-6H,13H2,1H3,(H,15,16). The van der Waals surface area contributed by atoms with Crippen LogP contribution in [0.3, 0.4) is 0 Å².